The second kappa shape index (κ2) is 7.75. The Hall–Kier alpha value is -3.06. The molecule has 0 bridgehead atoms. The van der Waals surface area contributed by atoms with Crippen molar-refractivity contribution in [3.05, 3.63) is 72.3 Å². The van der Waals surface area contributed by atoms with E-state index in [2.05, 4.69) is 5.32 Å². The lowest BCUT2D eigenvalue weighted by Crippen LogP contribution is -2.50. The van der Waals surface area contributed by atoms with Gasteiger partial charge in [-0.2, -0.15) is 0 Å². The number of nitrogens with zero attached hydrogens (tertiary/aromatic N) is 1. The van der Waals surface area contributed by atoms with Crippen LogP contribution in [0.2, 0.25) is 0 Å². The lowest BCUT2D eigenvalue weighted by atomic mass is 10.1. The van der Waals surface area contributed by atoms with E-state index in [9.17, 15) is 13.2 Å². The van der Waals surface area contributed by atoms with Crippen molar-refractivity contribution in [1.82, 2.24) is 5.32 Å². The molecule has 1 aliphatic heterocycles. The first-order valence-electron chi connectivity index (χ1n) is 9.49. The van der Waals surface area contributed by atoms with Gasteiger partial charge >= 0.3 is 0 Å². The van der Waals surface area contributed by atoms with Crippen LogP contribution in [0.3, 0.4) is 0 Å². The number of sulfonamides is 1. The number of carbonyl (C=O) groups excluding carboxylic acids is 1. The molecule has 1 heterocycles. The summed E-state index contributed by atoms with van der Waals surface area (Å²) in [5.41, 5.74) is 1.43. The molecule has 1 N–H and O–H groups in total. The van der Waals surface area contributed by atoms with Gasteiger partial charge in [0.2, 0.25) is 10.0 Å². The van der Waals surface area contributed by atoms with Crippen molar-refractivity contribution in [1.29, 1.82) is 0 Å². The van der Waals surface area contributed by atoms with Gasteiger partial charge in [-0.05, 0) is 41.5 Å². The molecule has 1 unspecified atom stereocenters. The van der Waals surface area contributed by atoms with Crippen molar-refractivity contribution in [2.45, 2.75) is 19.6 Å². The Morgan fingerprint density at radius 1 is 1.07 bits per heavy atom. The van der Waals surface area contributed by atoms with Crippen LogP contribution in [0.1, 0.15) is 12.5 Å². The first-order valence-corrected chi connectivity index (χ1v) is 11.1. The molecule has 0 fully saturated rings. The van der Waals surface area contributed by atoms with Gasteiger partial charge in [0.25, 0.3) is 5.91 Å². The smallest absolute Gasteiger partial charge is 0.263 e. The van der Waals surface area contributed by atoms with E-state index in [4.69, 9.17) is 4.74 Å². The molecule has 4 rings (SSSR count). The van der Waals surface area contributed by atoms with Crippen molar-refractivity contribution in [3.8, 4) is 5.75 Å². The van der Waals surface area contributed by atoms with Crippen molar-refractivity contribution in [2.24, 2.45) is 0 Å². The maximum Gasteiger partial charge on any atom is 0.263 e. The normalized spacial score (nSPS) is 16.2. The molecule has 1 atom stereocenters. The van der Waals surface area contributed by atoms with Gasteiger partial charge in [0, 0.05) is 6.54 Å². The summed E-state index contributed by atoms with van der Waals surface area (Å²) in [5, 5.41) is 5.10. The summed E-state index contributed by atoms with van der Waals surface area (Å²) >= 11 is 0. The SMILES string of the molecule is CCS(=O)(=O)N1CC(C(=O)NCc2ccc3ccccc3c2)Oc2ccccc21. The highest BCUT2D eigenvalue weighted by Crippen LogP contribution is 2.35. The molecule has 1 amide bonds. The van der Waals surface area contributed by atoms with Gasteiger partial charge in [0.1, 0.15) is 5.75 Å². The lowest BCUT2D eigenvalue weighted by molar-refractivity contribution is -0.127. The Bertz CT molecular complexity index is 1160. The maximum atomic E-state index is 12.7. The molecule has 29 heavy (non-hydrogen) atoms. The third-order valence-electron chi connectivity index (χ3n) is 5.01. The number of anilines is 1. The number of ether oxygens (including phenoxy) is 1. The van der Waals surface area contributed by atoms with Crippen molar-refractivity contribution < 1.29 is 17.9 Å². The fourth-order valence-electron chi connectivity index (χ4n) is 3.41. The molecule has 3 aromatic rings. The fraction of sp³-hybridized carbons (Fsp3) is 0.227. The van der Waals surface area contributed by atoms with Gasteiger partial charge in [0.05, 0.1) is 18.0 Å². The number of hydrogen-bond donors (Lipinski definition) is 1. The predicted octanol–water partition coefficient (Wildman–Crippen LogP) is 3.07. The van der Waals surface area contributed by atoms with Gasteiger partial charge < -0.3 is 10.1 Å². The van der Waals surface area contributed by atoms with Crippen molar-refractivity contribution >= 4 is 32.4 Å². The number of nitrogens with one attached hydrogen (secondary N) is 1. The monoisotopic (exact) mass is 410 g/mol. The number of para-hydroxylation sites is 2. The first-order chi connectivity index (χ1) is 14.0. The Kier molecular flexibility index (Phi) is 5.15. The highest BCUT2D eigenvalue weighted by Gasteiger charge is 2.35. The van der Waals surface area contributed by atoms with Crippen LogP contribution >= 0.6 is 0 Å². The standard InChI is InChI=1S/C22H22N2O4S/c1-2-29(26,27)24-15-21(28-20-10-6-5-9-19(20)24)22(25)23-14-16-11-12-17-7-3-4-8-18(17)13-16/h3-13,21H,2,14-15H2,1H3,(H,23,25). The quantitative estimate of drug-likeness (QED) is 0.701. The zero-order chi connectivity index (χ0) is 20.4. The summed E-state index contributed by atoms with van der Waals surface area (Å²) in [6.45, 7) is 1.88. The Balaban J connectivity index is 1.51. The van der Waals surface area contributed by atoms with Crippen LogP contribution < -0.4 is 14.4 Å². The molecule has 1 aliphatic rings. The fourth-order valence-corrected chi connectivity index (χ4v) is 4.53. The Labute approximate surface area is 170 Å². The highest BCUT2D eigenvalue weighted by molar-refractivity contribution is 7.92. The summed E-state index contributed by atoms with van der Waals surface area (Å²) in [7, 11) is -3.52. The zero-order valence-electron chi connectivity index (χ0n) is 16.0. The van der Waals surface area contributed by atoms with E-state index in [-0.39, 0.29) is 18.2 Å². The molecule has 6 nitrogen and oxygen atoms in total. The number of fused-ring (bicyclic) bond motifs is 2. The van der Waals surface area contributed by atoms with E-state index in [1.165, 1.54) is 4.31 Å². The van der Waals surface area contributed by atoms with Gasteiger partial charge in [-0.3, -0.25) is 9.10 Å². The van der Waals surface area contributed by atoms with Crippen LogP contribution in [0, 0.1) is 0 Å². The van der Waals surface area contributed by atoms with Gasteiger partial charge in [0.15, 0.2) is 6.10 Å². The average Bonchev–Trinajstić information content (AvgIpc) is 2.76. The molecule has 0 aromatic heterocycles. The topological polar surface area (TPSA) is 75.7 Å². The minimum Gasteiger partial charge on any atom is -0.476 e. The van der Waals surface area contributed by atoms with Crippen LogP contribution in [0.5, 0.6) is 5.75 Å². The van der Waals surface area contributed by atoms with Gasteiger partial charge in [-0.1, -0.05) is 48.5 Å². The summed E-state index contributed by atoms with van der Waals surface area (Å²) in [4.78, 5) is 12.7. The summed E-state index contributed by atoms with van der Waals surface area (Å²) < 4.78 is 32.1. The molecular weight excluding hydrogens is 388 g/mol. The second-order valence-electron chi connectivity index (χ2n) is 6.91. The number of benzene rings is 3. The summed E-state index contributed by atoms with van der Waals surface area (Å²) in [6, 6.07) is 20.9. The van der Waals surface area contributed by atoms with E-state index in [1.54, 1.807) is 31.2 Å². The largest absolute Gasteiger partial charge is 0.476 e. The third kappa shape index (κ3) is 3.91. The van der Waals surface area contributed by atoms with Gasteiger partial charge in [-0.15, -0.1) is 0 Å². The minimum atomic E-state index is -3.52. The third-order valence-corrected chi connectivity index (χ3v) is 6.76. The van der Waals surface area contributed by atoms with E-state index in [0.717, 1.165) is 16.3 Å². The summed E-state index contributed by atoms with van der Waals surface area (Å²) in [5.74, 6) is -0.00200. The molecule has 7 heteroatoms. The molecule has 150 valence electrons. The number of hydrogen-bond acceptors (Lipinski definition) is 4. The van der Waals surface area contributed by atoms with E-state index >= 15 is 0 Å². The van der Waals surface area contributed by atoms with Crippen LogP contribution in [-0.4, -0.2) is 32.7 Å². The number of rotatable bonds is 5. The van der Waals surface area contributed by atoms with E-state index < -0.39 is 16.1 Å². The highest BCUT2D eigenvalue weighted by atomic mass is 32.2. The molecule has 0 spiro atoms. The van der Waals surface area contributed by atoms with E-state index in [1.807, 2.05) is 42.5 Å². The van der Waals surface area contributed by atoms with Crippen LogP contribution in [0.4, 0.5) is 5.69 Å². The Morgan fingerprint density at radius 2 is 1.79 bits per heavy atom. The molecule has 0 aliphatic carbocycles. The number of amides is 1. The predicted molar refractivity (Wildman–Crippen MR) is 113 cm³/mol. The van der Waals surface area contributed by atoms with Crippen LogP contribution in [-0.2, 0) is 21.4 Å². The molecular formula is C22H22N2O4S. The molecule has 0 saturated heterocycles. The molecule has 3 aromatic carbocycles. The first kappa shape index (κ1) is 19.3. The summed E-state index contributed by atoms with van der Waals surface area (Å²) in [6.07, 6.45) is -0.910. The van der Waals surface area contributed by atoms with Crippen molar-refractivity contribution in [3.63, 3.8) is 0 Å². The molecule has 0 saturated carbocycles. The second-order valence-corrected chi connectivity index (χ2v) is 9.09. The number of carbonyl (C=O) groups is 1. The minimum absolute atomic E-state index is 0.0449. The van der Waals surface area contributed by atoms with Crippen LogP contribution in [0.15, 0.2) is 66.7 Å². The van der Waals surface area contributed by atoms with Crippen molar-refractivity contribution in [2.75, 3.05) is 16.6 Å². The van der Waals surface area contributed by atoms with Gasteiger partial charge in [-0.25, -0.2) is 8.42 Å². The lowest BCUT2D eigenvalue weighted by Gasteiger charge is -2.34. The zero-order valence-corrected chi connectivity index (χ0v) is 16.9. The Morgan fingerprint density at radius 3 is 2.59 bits per heavy atom. The average molecular weight is 410 g/mol. The van der Waals surface area contributed by atoms with Crippen LogP contribution in [0.25, 0.3) is 10.8 Å². The maximum absolute atomic E-state index is 12.7. The van der Waals surface area contributed by atoms with E-state index in [0.29, 0.717) is 18.0 Å². The molecule has 0 radical (unpaired) electrons.